The summed E-state index contributed by atoms with van der Waals surface area (Å²) in [5, 5.41) is 0.640. The summed E-state index contributed by atoms with van der Waals surface area (Å²) in [6, 6.07) is 15.3. The predicted octanol–water partition coefficient (Wildman–Crippen LogP) is 3.32. The van der Waals surface area contributed by atoms with E-state index in [-0.39, 0.29) is 5.91 Å². The van der Waals surface area contributed by atoms with Crippen LogP contribution in [0.3, 0.4) is 0 Å². The van der Waals surface area contributed by atoms with Crippen molar-refractivity contribution in [3.05, 3.63) is 65.2 Å². The first kappa shape index (κ1) is 13.6. The van der Waals surface area contributed by atoms with Gasteiger partial charge in [-0.2, -0.15) is 0 Å². The van der Waals surface area contributed by atoms with E-state index in [9.17, 15) is 4.79 Å². The van der Waals surface area contributed by atoms with Crippen LogP contribution in [0.1, 0.15) is 5.56 Å². The second-order valence-electron chi connectivity index (χ2n) is 4.47. The number of pyridine rings is 1. The minimum atomic E-state index is -0.0430. The summed E-state index contributed by atoms with van der Waals surface area (Å²) in [5.74, 6) is 0.555. The Labute approximate surface area is 127 Å². The molecule has 0 aliphatic carbocycles. The van der Waals surface area contributed by atoms with Gasteiger partial charge >= 0.3 is 0 Å². The van der Waals surface area contributed by atoms with E-state index >= 15 is 0 Å². The molecule has 2 aromatic rings. The number of benzene rings is 1. The molecule has 1 fully saturated rings. The van der Waals surface area contributed by atoms with Crippen molar-refractivity contribution >= 4 is 34.7 Å². The molecule has 0 saturated carbocycles. The van der Waals surface area contributed by atoms with E-state index in [4.69, 9.17) is 0 Å². The SMILES string of the molecule is CN1C(=O)/C(=C/c2ccccc2)S/C1=N/c1ccccn1. The van der Waals surface area contributed by atoms with Crippen molar-refractivity contribution in [2.45, 2.75) is 0 Å². The molecule has 0 bridgehead atoms. The molecule has 0 unspecified atom stereocenters. The first-order valence-electron chi connectivity index (χ1n) is 6.46. The van der Waals surface area contributed by atoms with E-state index in [1.807, 2.05) is 54.6 Å². The van der Waals surface area contributed by atoms with Gasteiger partial charge in [0, 0.05) is 13.2 Å². The standard InChI is InChI=1S/C16H13N3OS/c1-19-15(20)13(11-12-7-3-2-4-8-12)21-16(19)18-14-9-5-6-10-17-14/h2-11H,1H3/b13-11-,18-16+. The number of amidine groups is 1. The van der Waals surface area contributed by atoms with Gasteiger partial charge in [0.05, 0.1) is 4.91 Å². The number of hydrogen-bond donors (Lipinski definition) is 0. The topological polar surface area (TPSA) is 45.6 Å². The van der Waals surface area contributed by atoms with Gasteiger partial charge in [-0.25, -0.2) is 9.98 Å². The van der Waals surface area contributed by atoms with Gasteiger partial charge in [0.2, 0.25) is 0 Å². The monoisotopic (exact) mass is 295 g/mol. The minimum Gasteiger partial charge on any atom is -0.289 e. The van der Waals surface area contributed by atoms with Gasteiger partial charge in [-0.15, -0.1) is 0 Å². The Morgan fingerprint density at radius 2 is 1.90 bits per heavy atom. The average molecular weight is 295 g/mol. The van der Waals surface area contributed by atoms with Crippen molar-refractivity contribution in [2.24, 2.45) is 4.99 Å². The highest BCUT2D eigenvalue weighted by atomic mass is 32.2. The van der Waals surface area contributed by atoms with E-state index in [0.717, 1.165) is 5.56 Å². The van der Waals surface area contributed by atoms with E-state index in [1.54, 1.807) is 18.1 Å². The quantitative estimate of drug-likeness (QED) is 0.798. The van der Waals surface area contributed by atoms with Crippen LogP contribution in [0, 0.1) is 0 Å². The van der Waals surface area contributed by atoms with Crippen LogP contribution in [-0.2, 0) is 4.79 Å². The smallest absolute Gasteiger partial charge is 0.266 e. The zero-order valence-electron chi connectivity index (χ0n) is 11.4. The van der Waals surface area contributed by atoms with E-state index in [0.29, 0.717) is 15.9 Å². The molecule has 4 nitrogen and oxygen atoms in total. The Kier molecular flexibility index (Phi) is 3.83. The van der Waals surface area contributed by atoms with Crippen molar-refractivity contribution in [1.29, 1.82) is 0 Å². The zero-order valence-corrected chi connectivity index (χ0v) is 12.2. The summed E-state index contributed by atoms with van der Waals surface area (Å²) in [6.07, 6.45) is 3.56. The van der Waals surface area contributed by atoms with Gasteiger partial charge in [-0.1, -0.05) is 36.4 Å². The summed E-state index contributed by atoms with van der Waals surface area (Å²) in [6.45, 7) is 0. The summed E-state index contributed by atoms with van der Waals surface area (Å²) >= 11 is 1.36. The lowest BCUT2D eigenvalue weighted by Crippen LogP contribution is -2.23. The maximum Gasteiger partial charge on any atom is 0.266 e. The van der Waals surface area contributed by atoms with Crippen molar-refractivity contribution < 1.29 is 4.79 Å². The number of likely N-dealkylation sites (N-methyl/N-ethyl adjacent to an activating group) is 1. The van der Waals surface area contributed by atoms with Gasteiger partial charge in [-0.05, 0) is 35.5 Å². The normalized spacial score (nSPS) is 18.7. The first-order valence-corrected chi connectivity index (χ1v) is 7.28. The van der Waals surface area contributed by atoms with Crippen molar-refractivity contribution in [2.75, 3.05) is 7.05 Å². The summed E-state index contributed by atoms with van der Waals surface area (Å²) in [7, 11) is 1.73. The Morgan fingerprint density at radius 1 is 1.14 bits per heavy atom. The lowest BCUT2D eigenvalue weighted by atomic mass is 10.2. The molecule has 1 aromatic heterocycles. The number of rotatable bonds is 2. The Bertz CT molecular complexity index is 711. The third-order valence-corrected chi connectivity index (χ3v) is 4.02. The van der Waals surface area contributed by atoms with Crippen molar-refractivity contribution in [1.82, 2.24) is 9.88 Å². The van der Waals surface area contributed by atoms with Crippen LogP contribution in [-0.4, -0.2) is 28.0 Å². The minimum absolute atomic E-state index is 0.0430. The van der Waals surface area contributed by atoms with Crippen LogP contribution in [0.2, 0.25) is 0 Å². The van der Waals surface area contributed by atoms with Gasteiger partial charge < -0.3 is 0 Å². The van der Waals surface area contributed by atoms with Gasteiger partial charge in [0.25, 0.3) is 5.91 Å². The van der Waals surface area contributed by atoms with Crippen LogP contribution < -0.4 is 0 Å². The van der Waals surface area contributed by atoms with Gasteiger partial charge in [0.15, 0.2) is 11.0 Å². The van der Waals surface area contributed by atoms with E-state index < -0.39 is 0 Å². The highest BCUT2D eigenvalue weighted by molar-refractivity contribution is 8.18. The molecule has 0 atom stereocenters. The average Bonchev–Trinajstić information content (AvgIpc) is 2.78. The number of hydrogen-bond acceptors (Lipinski definition) is 4. The number of nitrogens with zero attached hydrogens (tertiary/aromatic N) is 3. The molecule has 1 amide bonds. The highest BCUT2D eigenvalue weighted by Crippen LogP contribution is 2.32. The third-order valence-electron chi connectivity index (χ3n) is 2.96. The number of aromatic nitrogens is 1. The molecule has 5 heteroatoms. The molecule has 3 rings (SSSR count). The van der Waals surface area contributed by atoms with Crippen LogP contribution >= 0.6 is 11.8 Å². The van der Waals surface area contributed by atoms with Crippen LogP contribution in [0.15, 0.2) is 64.6 Å². The lowest BCUT2D eigenvalue weighted by Gasteiger charge is -2.06. The number of thioether (sulfide) groups is 1. The Balaban J connectivity index is 1.89. The van der Waals surface area contributed by atoms with E-state index in [2.05, 4.69) is 9.98 Å². The lowest BCUT2D eigenvalue weighted by molar-refractivity contribution is -0.121. The molecule has 0 radical (unpaired) electrons. The third kappa shape index (κ3) is 3.03. The van der Waals surface area contributed by atoms with Gasteiger partial charge in [0.1, 0.15) is 0 Å². The number of carbonyl (C=O) groups is 1. The molecular weight excluding hydrogens is 282 g/mol. The highest BCUT2D eigenvalue weighted by Gasteiger charge is 2.30. The summed E-state index contributed by atoms with van der Waals surface area (Å²) in [4.78, 5) is 23.0. The molecule has 0 N–H and O–H groups in total. The zero-order chi connectivity index (χ0) is 14.7. The predicted molar refractivity (Wildman–Crippen MR) is 86.1 cm³/mol. The molecule has 1 aromatic carbocycles. The Morgan fingerprint density at radius 3 is 2.62 bits per heavy atom. The van der Waals surface area contributed by atoms with Crippen LogP contribution in [0.4, 0.5) is 5.82 Å². The number of carbonyl (C=O) groups excluding carboxylic acids is 1. The van der Waals surface area contributed by atoms with Gasteiger partial charge in [-0.3, -0.25) is 9.69 Å². The second kappa shape index (κ2) is 5.93. The van der Waals surface area contributed by atoms with E-state index in [1.165, 1.54) is 11.8 Å². The molecule has 2 heterocycles. The Hall–Kier alpha value is -2.40. The fraction of sp³-hybridized carbons (Fsp3) is 0.0625. The number of amides is 1. The van der Waals surface area contributed by atoms with Crippen molar-refractivity contribution in [3.8, 4) is 0 Å². The molecular formula is C16H13N3OS. The molecule has 1 aliphatic rings. The fourth-order valence-electron chi connectivity index (χ4n) is 1.87. The molecule has 0 spiro atoms. The van der Waals surface area contributed by atoms with Crippen LogP contribution in [0.5, 0.6) is 0 Å². The number of aliphatic imine (C=N–C) groups is 1. The first-order chi connectivity index (χ1) is 10.2. The molecule has 1 saturated heterocycles. The summed E-state index contributed by atoms with van der Waals surface area (Å²) in [5.41, 5.74) is 1.00. The molecule has 104 valence electrons. The van der Waals surface area contributed by atoms with Crippen LogP contribution in [0.25, 0.3) is 6.08 Å². The molecule has 1 aliphatic heterocycles. The largest absolute Gasteiger partial charge is 0.289 e. The maximum atomic E-state index is 12.2. The molecule has 21 heavy (non-hydrogen) atoms. The summed E-state index contributed by atoms with van der Waals surface area (Å²) < 4.78 is 0. The second-order valence-corrected chi connectivity index (χ2v) is 5.48. The maximum absolute atomic E-state index is 12.2. The van der Waals surface area contributed by atoms with Crippen molar-refractivity contribution in [3.63, 3.8) is 0 Å². The fourth-order valence-corrected chi connectivity index (χ4v) is 2.85.